The van der Waals surface area contributed by atoms with Gasteiger partial charge in [-0.3, -0.25) is 0 Å². The molecule has 2 N–H and O–H groups in total. The largest absolute Gasteiger partial charge is 0.506 e. The predicted octanol–water partition coefficient (Wildman–Crippen LogP) is 5.09. The van der Waals surface area contributed by atoms with Crippen LogP contribution in [0, 0.1) is 5.53 Å². The highest BCUT2D eigenvalue weighted by atomic mass is 32.1. The molecule has 1 aromatic carbocycles. The lowest BCUT2D eigenvalue weighted by Crippen LogP contribution is -2.02. The lowest BCUT2D eigenvalue weighted by molar-refractivity contribution is 0.467. The first kappa shape index (κ1) is 13.3. The van der Waals surface area contributed by atoms with Crippen LogP contribution in [0.5, 0.6) is 5.75 Å². The topological polar surface area (TPSA) is 56.4 Å². The van der Waals surface area contributed by atoms with Gasteiger partial charge in [0.2, 0.25) is 0 Å². The summed E-state index contributed by atoms with van der Waals surface area (Å²) in [6.45, 7) is 1.82. The van der Waals surface area contributed by atoms with Gasteiger partial charge in [0.25, 0.3) is 0 Å². The second-order valence-corrected chi connectivity index (χ2v) is 6.24. The van der Waals surface area contributed by atoms with Crippen LogP contribution in [0.3, 0.4) is 0 Å². The second-order valence-electron chi connectivity index (χ2n) is 5.36. The second kappa shape index (κ2) is 5.37. The number of hydrogen-bond donors (Lipinski definition) is 2. The van der Waals surface area contributed by atoms with Crippen molar-refractivity contribution in [3.63, 3.8) is 0 Å². The van der Waals surface area contributed by atoms with E-state index in [1.54, 1.807) is 0 Å². The van der Waals surface area contributed by atoms with Crippen molar-refractivity contribution in [3.8, 4) is 16.2 Å². The van der Waals surface area contributed by atoms with E-state index in [1.807, 2.05) is 12.3 Å². The Morgan fingerprint density at radius 1 is 1.25 bits per heavy atom. The van der Waals surface area contributed by atoms with Gasteiger partial charge in [-0.1, -0.05) is 12.1 Å². The third-order valence-corrected chi connectivity index (χ3v) is 5.08. The highest BCUT2D eigenvalue weighted by Crippen LogP contribution is 2.42. The summed E-state index contributed by atoms with van der Waals surface area (Å²) in [5.41, 5.74) is 11.8. The van der Waals surface area contributed by atoms with Crippen molar-refractivity contribution in [3.05, 3.63) is 40.3 Å². The highest BCUT2D eigenvalue weighted by Gasteiger charge is 2.18. The van der Waals surface area contributed by atoms with Gasteiger partial charge in [0.15, 0.2) is 0 Å². The summed E-state index contributed by atoms with van der Waals surface area (Å²) in [5.74, 6) is 0.286. The van der Waals surface area contributed by atoms with Crippen molar-refractivity contribution in [2.75, 3.05) is 0 Å². The standard InChI is InChI=1S/C16H18N2OS/c1-10(18-17)14-9-20-16(15(14)19)13-7-6-11-4-2-3-5-12(11)8-13/h6-10,17,19H,2-5H2,1H3. The summed E-state index contributed by atoms with van der Waals surface area (Å²) in [7, 11) is 0. The number of benzene rings is 1. The van der Waals surface area contributed by atoms with Gasteiger partial charge in [-0.25, -0.2) is 5.53 Å². The summed E-state index contributed by atoms with van der Waals surface area (Å²) in [5, 5.41) is 15.8. The van der Waals surface area contributed by atoms with Gasteiger partial charge >= 0.3 is 0 Å². The van der Waals surface area contributed by atoms with Gasteiger partial charge in [-0.2, -0.15) is 5.11 Å². The Morgan fingerprint density at radius 2 is 2.00 bits per heavy atom. The lowest BCUT2D eigenvalue weighted by atomic mass is 9.90. The number of thiophene rings is 1. The Morgan fingerprint density at radius 3 is 2.75 bits per heavy atom. The van der Waals surface area contributed by atoms with Crippen molar-refractivity contribution in [2.45, 2.75) is 38.6 Å². The highest BCUT2D eigenvalue weighted by molar-refractivity contribution is 7.14. The molecular formula is C16H18N2OS. The van der Waals surface area contributed by atoms with Gasteiger partial charge in [0.05, 0.1) is 10.9 Å². The number of aromatic hydroxyl groups is 1. The molecule has 20 heavy (non-hydrogen) atoms. The van der Waals surface area contributed by atoms with Crippen molar-refractivity contribution in [1.82, 2.24) is 0 Å². The molecule has 1 heterocycles. The zero-order valence-corrected chi connectivity index (χ0v) is 12.3. The molecule has 0 amide bonds. The van der Waals surface area contributed by atoms with Crippen molar-refractivity contribution in [2.24, 2.45) is 5.11 Å². The van der Waals surface area contributed by atoms with E-state index in [2.05, 4.69) is 23.3 Å². The minimum Gasteiger partial charge on any atom is -0.506 e. The average Bonchev–Trinajstić information content (AvgIpc) is 2.87. The monoisotopic (exact) mass is 286 g/mol. The molecule has 1 aliphatic carbocycles. The van der Waals surface area contributed by atoms with E-state index in [0.29, 0.717) is 0 Å². The van der Waals surface area contributed by atoms with Crippen LogP contribution in [0.15, 0.2) is 28.7 Å². The van der Waals surface area contributed by atoms with Crippen molar-refractivity contribution >= 4 is 11.3 Å². The molecule has 0 fully saturated rings. The van der Waals surface area contributed by atoms with Crippen LogP contribution in [0.1, 0.15) is 42.5 Å². The summed E-state index contributed by atoms with van der Waals surface area (Å²) >= 11 is 1.53. The first-order valence-electron chi connectivity index (χ1n) is 7.00. The molecule has 1 atom stereocenters. The van der Waals surface area contributed by atoms with E-state index in [1.165, 1.54) is 41.7 Å². The third-order valence-electron chi connectivity index (χ3n) is 4.05. The molecule has 1 aromatic heterocycles. The van der Waals surface area contributed by atoms with E-state index in [0.717, 1.165) is 22.4 Å². The fraction of sp³-hybridized carbons (Fsp3) is 0.375. The number of nitrogens with zero attached hydrogens (tertiary/aromatic N) is 1. The first-order chi connectivity index (χ1) is 9.70. The van der Waals surface area contributed by atoms with Gasteiger partial charge in [0.1, 0.15) is 5.75 Å². The Hall–Kier alpha value is -1.68. The predicted molar refractivity (Wildman–Crippen MR) is 81.6 cm³/mol. The normalized spacial score (nSPS) is 15.7. The van der Waals surface area contributed by atoms with E-state index < -0.39 is 0 Å². The van der Waals surface area contributed by atoms with E-state index >= 15 is 0 Å². The molecule has 4 heteroatoms. The summed E-state index contributed by atoms with van der Waals surface area (Å²) in [6, 6.07) is 6.23. The quantitative estimate of drug-likeness (QED) is 0.758. The molecule has 1 unspecified atom stereocenters. The van der Waals surface area contributed by atoms with Crippen molar-refractivity contribution in [1.29, 1.82) is 5.53 Å². The van der Waals surface area contributed by atoms with Crippen LogP contribution in [0.4, 0.5) is 0 Å². The molecule has 1 aliphatic rings. The van der Waals surface area contributed by atoms with Crippen LogP contribution in [-0.2, 0) is 12.8 Å². The van der Waals surface area contributed by atoms with Crippen LogP contribution >= 0.6 is 11.3 Å². The zero-order valence-electron chi connectivity index (χ0n) is 11.5. The minimum absolute atomic E-state index is 0.280. The summed E-state index contributed by atoms with van der Waals surface area (Å²) in [6.07, 6.45) is 4.85. The van der Waals surface area contributed by atoms with E-state index in [9.17, 15) is 5.11 Å². The van der Waals surface area contributed by atoms with Gasteiger partial charge in [-0.05, 0) is 55.4 Å². The lowest BCUT2D eigenvalue weighted by Gasteiger charge is -2.16. The van der Waals surface area contributed by atoms with Crippen LogP contribution in [0.25, 0.3) is 10.4 Å². The number of fused-ring (bicyclic) bond motifs is 1. The fourth-order valence-electron chi connectivity index (χ4n) is 2.81. The zero-order chi connectivity index (χ0) is 14.1. The molecule has 3 nitrogen and oxygen atoms in total. The molecule has 0 bridgehead atoms. The first-order valence-corrected chi connectivity index (χ1v) is 7.87. The van der Waals surface area contributed by atoms with Crippen LogP contribution in [-0.4, -0.2) is 5.11 Å². The Labute approximate surface area is 122 Å². The molecule has 2 aromatic rings. The third kappa shape index (κ3) is 2.24. The van der Waals surface area contributed by atoms with Gasteiger partial charge in [-0.15, -0.1) is 11.3 Å². The Bertz CT molecular complexity index is 648. The van der Waals surface area contributed by atoms with Crippen molar-refractivity contribution < 1.29 is 5.11 Å². The summed E-state index contributed by atoms with van der Waals surface area (Å²) in [4.78, 5) is 0.892. The minimum atomic E-state index is -0.280. The molecule has 0 aliphatic heterocycles. The van der Waals surface area contributed by atoms with Gasteiger partial charge in [0, 0.05) is 10.9 Å². The molecule has 0 saturated heterocycles. The molecule has 0 saturated carbocycles. The Kier molecular flexibility index (Phi) is 3.57. The molecule has 0 radical (unpaired) electrons. The fourth-order valence-corrected chi connectivity index (χ4v) is 3.86. The maximum Gasteiger partial charge on any atom is 0.139 e. The SMILES string of the molecule is CC(N=N)c1csc(-c2ccc3c(c2)CCCC3)c1O. The number of rotatable bonds is 3. The number of nitrogens with one attached hydrogen (secondary N) is 1. The maximum absolute atomic E-state index is 10.4. The van der Waals surface area contributed by atoms with E-state index in [4.69, 9.17) is 5.53 Å². The molecular weight excluding hydrogens is 268 g/mol. The van der Waals surface area contributed by atoms with E-state index in [-0.39, 0.29) is 11.8 Å². The Balaban J connectivity index is 2.01. The average molecular weight is 286 g/mol. The smallest absolute Gasteiger partial charge is 0.139 e. The molecule has 3 rings (SSSR count). The van der Waals surface area contributed by atoms with Crippen LogP contribution in [0.2, 0.25) is 0 Å². The van der Waals surface area contributed by atoms with Gasteiger partial charge < -0.3 is 5.11 Å². The molecule has 0 spiro atoms. The summed E-state index contributed by atoms with van der Waals surface area (Å²) < 4.78 is 0. The maximum atomic E-state index is 10.4. The molecule has 104 valence electrons. The number of hydrogen-bond acceptors (Lipinski definition) is 4. The number of aryl methyl sites for hydroxylation is 2. The van der Waals surface area contributed by atoms with Crippen LogP contribution < -0.4 is 0 Å².